The van der Waals surface area contributed by atoms with Gasteiger partial charge in [-0.05, 0) is 58.3 Å². The lowest BCUT2D eigenvalue weighted by Gasteiger charge is -2.17. The van der Waals surface area contributed by atoms with Crippen molar-refractivity contribution in [1.82, 2.24) is 24.8 Å². The fraction of sp³-hybridized carbons (Fsp3) is 0.297. The molecule has 6 aromatic rings. The van der Waals surface area contributed by atoms with Gasteiger partial charge in [-0.1, -0.05) is 130 Å². The molecule has 0 aliphatic heterocycles. The average Bonchev–Trinajstić information content (AvgIpc) is 3.65. The number of nitrogens with zero attached hydrogens (tertiary/aromatic N) is 7. The first-order valence-corrected chi connectivity index (χ1v) is 16.0. The summed E-state index contributed by atoms with van der Waals surface area (Å²) in [5.74, 6) is 0.555. The van der Waals surface area contributed by atoms with Crippen LogP contribution in [0.3, 0.4) is 0 Å². The lowest BCUT2D eigenvalue weighted by atomic mass is 10.1. The van der Waals surface area contributed by atoms with Crippen molar-refractivity contribution in [3.63, 3.8) is 0 Å². The van der Waals surface area contributed by atoms with Crippen LogP contribution in [0, 0.1) is 0 Å². The van der Waals surface area contributed by atoms with E-state index in [1.807, 2.05) is 54.7 Å². The Morgan fingerprint density at radius 3 is 2.18 bits per heavy atom. The first-order valence-electron chi connectivity index (χ1n) is 16.0. The van der Waals surface area contributed by atoms with Gasteiger partial charge in [-0.2, -0.15) is 10.1 Å². The molecular weight excluding hydrogens is 542 g/mol. The molecule has 6 rings (SSSR count). The number of aryl methyl sites for hydroxylation is 1. The molecule has 0 aliphatic carbocycles. The zero-order valence-corrected chi connectivity index (χ0v) is 25.6. The molecule has 0 fully saturated rings. The minimum atomic E-state index is 0.548. The van der Waals surface area contributed by atoms with E-state index in [9.17, 15) is 0 Å². The number of aromatic nitrogens is 5. The molecule has 224 valence electrons. The largest absolute Gasteiger partial charge is 0.340 e. The third kappa shape index (κ3) is 6.88. The number of hydrogen-bond donors (Lipinski definition) is 0. The number of hydrogen-bond acceptors (Lipinski definition) is 5. The van der Waals surface area contributed by atoms with Crippen LogP contribution in [0.1, 0.15) is 69.4 Å². The zero-order chi connectivity index (χ0) is 30.0. The molecular formula is C37H41N7. The van der Waals surface area contributed by atoms with Gasteiger partial charge >= 0.3 is 0 Å². The van der Waals surface area contributed by atoms with Crippen LogP contribution in [0.15, 0.2) is 108 Å². The van der Waals surface area contributed by atoms with E-state index in [0.717, 1.165) is 23.4 Å². The van der Waals surface area contributed by atoms with E-state index in [4.69, 9.17) is 5.10 Å². The Morgan fingerprint density at radius 1 is 0.705 bits per heavy atom. The fourth-order valence-corrected chi connectivity index (χ4v) is 5.93. The fourth-order valence-electron chi connectivity index (χ4n) is 5.93. The molecule has 0 N–H and O–H groups in total. The van der Waals surface area contributed by atoms with Crippen LogP contribution >= 0.6 is 0 Å². The van der Waals surface area contributed by atoms with Crippen molar-refractivity contribution < 1.29 is 0 Å². The summed E-state index contributed by atoms with van der Waals surface area (Å²) in [7, 11) is 0. The summed E-state index contributed by atoms with van der Waals surface area (Å²) in [6.45, 7) is 3.87. The predicted molar refractivity (Wildman–Crippen MR) is 182 cm³/mol. The van der Waals surface area contributed by atoms with Gasteiger partial charge in [0.2, 0.25) is 0 Å². The summed E-state index contributed by atoms with van der Waals surface area (Å²) < 4.78 is 4.28. The maximum absolute atomic E-state index is 4.94. The molecule has 0 bridgehead atoms. The van der Waals surface area contributed by atoms with Gasteiger partial charge in [0.15, 0.2) is 0 Å². The molecule has 0 atom stereocenters. The van der Waals surface area contributed by atoms with Gasteiger partial charge in [0, 0.05) is 28.4 Å². The van der Waals surface area contributed by atoms with Crippen molar-refractivity contribution in [2.24, 2.45) is 5.10 Å². The van der Waals surface area contributed by atoms with Gasteiger partial charge in [0.05, 0.1) is 18.4 Å². The highest BCUT2D eigenvalue weighted by Gasteiger charge is 2.17. The molecule has 0 saturated heterocycles. The lowest BCUT2D eigenvalue weighted by molar-refractivity contribution is 0.553. The number of hydrazone groups is 1. The van der Waals surface area contributed by atoms with Gasteiger partial charge in [0.25, 0.3) is 5.95 Å². The lowest BCUT2D eigenvalue weighted by Crippen LogP contribution is -2.16. The second-order valence-corrected chi connectivity index (χ2v) is 11.4. The SMILES string of the molecule is CCCCCCCCCCn1c2ccccc2c2cc(/C=N\N(c3ccccc3)c3nnnn3Cc3ccccc3)ccc21. The molecule has 2 aromatic heterocycles. The molecule has 7 nitrogen and oxygen atoms in total. The van der Waals surface area contributed by atoms with Gasteiger partial charge in [0.1, 0.15) is 0 Å². The Hall–Kier alpha value is -4.78. The monoisotopic (exact) mass is 583 g/mol. The summed E-state index contributed by atoms with van der Waals surface area (Å²) in [6, 6.07) is 35.6. The van der Waals surface area contributed by atoms with Crippen LogP contribution in [0.5, 0.6) is 0 Å². The van der Waals surface area contributed by atoms with Crippen molar-refractivity contribution >= 4 is 39.7 Å². The first-order chi connectivity index (χ1) is 21.8. The standard InChI is InChI=1S/C37H41N7/c1-2-3-4-5-6-7-8-17-26-42-35-23-16-15-22-33(35)34-27-31(24-25-36(34)42)28-38-44(32-20-13-10-14-21-32)37-39-40-41-43(37)29-30-18-11-9-12-19-30/h9-16,18-25,27-28H,2-8,17,26,29H2,1H3/b38-28-. The van der Waals surface area contributed by atoms with Crippen LogP contribution in [-0.2, 0) is 13.1 Å². The highest BCUT2D eigenvalue weighted by Crippen LogP contribution is 2.30. The summed E-state index contributed by atoms with van der Waals surface area (Å²) in [5.41, 5.74) is 5.60. The molecule has 0 unspecified atom stereocenters. The molecule has 0 saturated carbocycles. The molecule has 0 radical (unpaired) electrons. The second kappa shape index (κ2) is 14.6. The van der Waals surface area contributed by atoms with Gasteiger partial charge in [-0.25, -0.2) is 4.68 Å². The van der Waals surface area contributed by atoms with E-state index in [1.165, 1.54) is 73.2 Å². The van der Waals surface area contributed by atoms with Crippen LogP contribution < -0.4 is 5.01 Å². The predicted octanol–water partition coefficient (Wildman–Crippen LogP) is 9.14. The van der Waals surface area contributed by atoms with Crippen LogP contribution in [-0.4, -0.2) is 31.0 Å². The minimum absolute atomic E-state index is 0.548. The number of anilines is 2. The summed E-state index contributed by atoms with van der Waals surface area (Å²) in [4.78, 5) is 0. The van der Waals surface area contributed by atoms with Gasteiger partial charge < -0.3 is 4.57 Å². The van der Waals surface area contributed by atoms with Gasteiger partial charge in [-0.15, -0.1) is 0 Å². The van der Waals surface area contributed by atoms with Crippen LogP contribution in [0.25, 0.3) is 21.8 Å². The van der Waals surface area contributed by atoms with E-state index in [0.29, 0.717) is 12.5 Å². The van der Waals surface area contributed by atoms with Crippen LogP contribution in [0.2, 0.25) is 0 Å². The van der Waals surface area contributed by atoms with E-state index in [2.05, 4.69) is 81.6 Å². The normalized spacial score (nSPS) is 11.7. The Morgan fingerprint density at radius 2 is 1.39 bits per heavy atom. The van der Waals surface area contributed by atoms with Crippen molar-refractivity contribution in [1.29, 1.82) is 0 Å². The molecule has 44 heavy (non-hydrogen) atoms. The number of tetrazole rings is 1. The molecule has 2 heterocycles. The smallest absolute Gasteiger partial charge is 0.271 e. The number of benzene rings is 4. The maximum Gasteiger partial charge on any atom is 0.271 e. The highest BCUT2D eigenvalue weighted by atomic mass is 15.6. The molecule has 7 heteroatoms. The number of rotatable bonds is 15. The molecule has 4 aromatic carbocycles. The Labute approximate surface area is 259 Å². The number of para-hydroxylation sites is 2. The van der Waals surface area contributed by atoms with Gasteiger partial charge in [-0.3, -0.25) is 0 Å². The quantitative estimate of drug-likeness (QED) is 0.0687. The highest BCUT2D eigenvalue weighted by molar-refractivity contribution is 6.09. The minimum Gasteiger partial charge on any atom is -0.340 e. The van der Waals surface area contributed by atoms with E-state index < -0.39 is 0 Å². The van der Waals surface area contributed by atoms with E-state index in [-0.39, 0.29) is 0 Å². The summed E-state index contributed by atoms with van der Waals surface area (Å²) in [6.07, 6.45) is 12.5. The second-order valence-electron chi connectivity index (χ2n) is 11.4. The maximum atomic E-state index is 4.94. The number of fused-ring (bicyclic) bond motifs is 3. The molecule has 0 aliphatic rings. The molecule has 0 spiro atoms. The average molecular weight is 584 g/mol. The Bertz CT molecular complexity index is 1790. The topological polar surface area (TPSA) is 64.1 Å². The Kier molecular flexibility index (Phi) is 9.72. The Balaban J connectivity index is 1.25. The first kappa shape index (κ1) is 29.3. The van der Waals surface area contributed by atoms with E-state index >= 15 is 0 Å². The number of unbranched alkanes of at least 4 members (excludes halogenated alkanes) is 7. The van der Waals surface area contributed by atoms with Crippen molar-refractivity contribution in [2.45, 2.75) is 71.4 Å². The third-order valence-electron chi connectivity index (χ3n) is 8.23. The van der Waals surface area contributed by atoms with Crippen molar-refractivity contribution in [3.8, 4) is 0 Å². The summed E-state index contributed by atoms with van der Waals surface area (Å²) in [5, 5.41) is 21.9. The van der Waals surface area contributed by atoms with E-state index in [1.54, 1.807) is 9.69 Å². The van der Waals surface area contributed by atoms with Crippen molar-refractivity contribution in [2.75, 3.05) is 5.01 Å². The summed E-state index contributed by atoms with van der Waals surface area (Å²) >= 11 is 0. The zero-order valence-electron chi connectivity index (χ0n) is 25.6. The third-order valence-corrected chi connectivity index (χ3v) is 8.23. The van der Waals surface area contributed by atoms with Crippen LogP contribution in [0.4, 0.5) is 11.6 Å². The molecule has 0 amide bonds. The van der Waals surface area contributed by atoms with Crippen molar-refractivity contribution in [3.05, 3.63) is 114 Å².